The van der Waals surface area contributed by atoms with Gasteiger partial charge in [0.1, 0.15) is 6.33 Å². The van der Waals surface area contributed by atoms with E-state index in [1.807, 2.05) is 44.3 Å². The van der Waals surface area contributed by atoms with Crippen LogP contribution in [0.1, 0.15) is 18.8 Å². The zero-order chi connectivity index (χ0) is 13.7. The SMILES string of the molecule is CC(NC(=O)CNc1ccccc1)c1nncn1C. The molecule has 1 amide bonds. The molecule has 0 fully saturated rings. The molecule has 2 N–H and O–H groups in total. The maximum absolute atomic E-state index is 11.8. The number of carbonyl (C=O) groups excluding carboxylic acids is 1. The predicted octanol–water partition coefficient (Wildman–Crippen LogP) is 1.10. The molecule has 6 nitrogen and oxygen atoms in total. The topological polar surface area (TPSA) is 71.8 Å². The Morgan fingerprint density at radius 3 is 2.74 bits per heavy atom. The molecule has 19 heavy (non-hydrogen) atoms. The van der Waals surface area contributed by atoms with Gasteiger partial charge >= 0.3 is 0 Å². The van der Waals surface area contributed by atoms with E-state index in [-0.39, 0.29) is 18.5 Å². The van der Waals surface area contributed by atoms with Crippen molar-refractivity contribution in [3.05, 3.63) is 42.5 Å². The lowest BCUT2D eigenvalue weighted by atomic mass is 10.3. The van der Waals surface area contributed by atoms with Gasteiger partial charge in [-0.25, -0.2) is 0 Å². The summed E-state index contributed by atoms with van der Waals surface area (Å²) in [4.78, 5) is 11.8. The molecule has 1 heterocycles. The summed E-state index contributed by atoms with van der Waals surface area (Å²) in [6, 6.07) is 9.43. The van der Waals surface area contributed by atoms with Crippen LogP contribution in [-0.2, 0) is 11.8 Å². The highest BCUT2D eigenvalue weighted by Gasteiger charge is 2.13. The Labute approximate surface area is 111 Å². The van der Waals surface area contributed by atoms with Crippen molar-refractivity contribution in [3.8, 4) is 0 Å². The van der Waals surface area contributed by atoms with Gasteiger partial charge in [-0.15, -0.1) is 10.2 Å². The summed E-state index contributed by atoms with van der Waals surface area (Å²) in [5.74, 6) is 0.646. The summed E-state index contributed by atoms with van der Waals surface area (Å²) >= 11 is 0. The Morgan fingerprint density at radius 1 is 1.37 bits per heavy atom. The summed E-state index contributed by atoms with van der Waals surface area (Å²) in [5.41, 5.74) is 0.920. The molecule has 0 saturated heterocycles. The van der Waals surface area contributed by atoms with E-state index in [0.29, 0.717) is 0 Å². The minimum Gasteiger partial charge on any atom is -0.376 e. The molecule has 1 atom stereocenters. The summed E-state index contributed by atoms with van der Waals surface area (Å²) in [6.07, 6.45) is 1.61. The summed E-state index contributed by atoms with van der Waals surface area (Å²) in [6.45, 7) is 2.11. The van der Waals surface area contributed by atoms with E-state index < -0.39 is 0 Å². The Bertz CT molecular complexity index is 537. The van der Waals surface area contributed by atoms with Gasteiger partial charge in [0.2, 0.25) is 5.91 Å². The highest BCUT2D eigenvalue weighted by molar-refractivity contribution is 5.80. The molecule has 0 aliphatic heterocycles. The van der Waals surface area contributed by atoms with Gasteiger partial charge in [-0.05, 0) is 19.1 Å². The third-order valence-corrected chi connectivity index (χ3v) is 2.74. The third kappa shape index (κ3) is 3.54. The second kappa shape index (κ2) is 5.99. The number of rotatable bonds is 5. The van der Waals surface area contributed by atoms with Crippen LogP contribution < -0.4 is 10.6 Å². The second-order valence-electron chi connectivity index (χ2n) is 4.31. The van der Waals surface area contributed by atoms with Crippen molar-refractivity contribution in [1.82, 2.24) is 20.1 Å². The number of aromatic nitrogens is 3. The van der Waals surface area contributed by atoms with Gasteiger partial charge in [0.15, 0.2) is 5.82 Å². The van der Waals surface area contributed by atoms with E-state index in [9.17, 15) is 4.79 Å². The lowest BCUT2D eigenvalue weighted by Gasteiger charge is -2.13. The molecule has 0 bridgehead atoms. The molecule has 0 aliphatic carbocycles. The fourth-order valence-electron chi connectivity index (χ4n) is 1.78. The zero-order valence-corrected chi connectivity index (χ0v) is 11.0. The van der Waals surface area contributed by atoms with Crippen molar-refractivity contribution in [2.75, 3.05) is 11.9 Å². The highest BCUT2D eigenvalue weighted by Crippen LogP contribution is 2.07. The molecule has 1 aromatic heterocycles. The predicted molar refractivity (Wildman–Crippen MR) is 72.5 cm³/mol. The molecular formula is C13H17N5O. The molecule has 0 radical (unpaired) electrons. The van der Waals surface area contributed by atoms with Gasteiger partial charge in [-0.1, -0.05) is 18.2 Å². The lowest BCUT2D eigenvalue weighted by Crippen LogP contribution is -2.33. The van der Waals surface area contributed by atoms with E-state index in [0.717, 1.165) is 11.5 Å². The van der Waals surface area contributed by atoms with E-state index in [4.69, 9.17) is 0 Å². The fourth-order valence-corrected chi connectivity index (χ4v) is 1.78. The van der Waals surface area contributed by atoms with Crippen LogP contribution in [0, 0.1) is 0 Å². The molecule has 6 heteroatoms. The number of carbonyl (C=O) groups is 1. The minimum absolute atomic E-state index is 0.0839. The number of para-hydroxylation sites is 1. The summed E-state index contributed by atoms with van der Waals surface area (Å²) in [7, 11) is 1.85. The highest BCUT2D eigenvalue weighted by atomic mass is 16.2. The van der Waals surface area contributed by atoms with E-state index in [1.54, 1.807) is 10.9 Å². The van der Waals surface area contributed by atoms with Crippen LogP contribution in [0.2, 0.25) is 0 Å². The van der Waals surface area contributed by atoms with Crippen LogP contribution in [0.25, 0.3) is 0 Å². The number of anilines is 1. The van der Waals surface area contributed by atoms with Gasteiger partial charge in [0.05, 0.1) is 12.6 Å². The number of amides is 1. The fraction of sp³-hybridized carbons (Fsp3) is 0.308. The maximum atomic E-state index is 11.8. The molecule has 2 aromatic rings. The van der Waals surface area contributed by atoms with E-state index >= 15 is 0 Å². The molecule has 1 aromatic carbocycles. The number of nitrogens with one attached hydrogen (secondary N) is 2. The van der Waals surface area contributed by atoms with Crippen LogP contribution in [0.4, 0.5) is 5.69 Å². The first-order valence-corrected chi connectivity index (χ1v) is 6.09. The van der Waals surface area contributed by atoms with Crippen molar-refractivity contribution in [2.45, 2.75) is 13.0 Å². The van der Waals surface area contributed by atoms with Gasteiger partial charge < -0.3 is 15.2 Å². The van der Waals surface area contributed by atoms with Gasteiger partial charge in [-0.3, -0.25) is 4.79 Å². The maximum Gasteiger partial charge on any atom is 0.239 e. The first-order chi connectivity index (χ1) is 9.16. The second-order valence-corrected chi connectivity index (χ2v) is 4.31. The van der Waals surface area contributed by atoms with Gasteiger partial charge in [-0.2, -0.15) is 0 Å². The van der Waals surface area contributed by atoms with Crippen LogP contribution in [0.5, 0.6) is 0 Å². The first kappa shape index (κ1) is 13.1. The average Bonchev–Trinajstić information content (AvgIpc) is 2.84. The van der Waals surface area contributed by atoms with Crippen LogP contribution in [0.3, 0.4) is 0 Å². The average molecular weight is 259 g/mol. The van der Waals surface area contributed by atoms with Crippen LogP contribution in [0.15, 0.2) is 36.7 Å². The Morgan fingerprint density at radius 2 is 2.11 bits per heavy atom. The number of hydrogen-bond acceptors (Lipinski definition) is 4. The standard InChI is InChI=1S/C13H17N5O/c1-10(13-17-15-9-18(13)2)16-12(19)8-14-11-6-4-3-5-7-11/h3-7,9-10,14H,8H2,1-2H3,(H,16,19). The van der Waals surface area contributed by atoms with Crippen molar-refractivity contribution in [2.24, 2.45) is 7.05 Å². The first-order valence-electron chi connectivity index (χ1n) is 6.09. The van der Waals surface area contributed by atoms with E-state index in [1.165, 1.54) is 0 Å². The van der Waals surface area contributed by atoms with Crippen molar-refractivity contribution < 1.29 is 4.79 Å². The Balaban J connectivity index is 1.83. The zero-order valence-electron chi connectivity index (χ0n) is 11.0. The number of nitrogens with zero attached hydrogens (tertiary/aromatic N) is 3. The Hall–Kier alpha value is -2.37. The summed E-state index contributed by atoms with van der Waals surface area (Å²) < 4.78 is 1.79. The quantitative estimate of drug-likeness (QED) is 0.843. The molecule has 0 spiro atoms. The molecule has 0 saturated carbocycles. The molecule has 0 aliphatic rings. The number of benzene rings is 1. The normalized spacial score (nSPS) is 11.9. The number of hydrogen-bond donors (Lipinski definition) is 2. The molecule has 2 rings (SSSR count). The van der Waals surface area contributed by atoms with Crippen molar-refractivity contribution in [1.29, 1.82) is 0 Å². The smallest absolute Gasteiger partial charge is 0.239 e. The van der Waals surface area contributed by atoms with E-state index in [2.05, 4.69) is 20.8 Å². The third-order valence-electron chi connectivity index (χ3n) is 2.74. The van der Waals surface area contributed by atoms with Crippen molar-refractivity contribution in [3.63, 3.8) is 0 Å². The lowest BCUT2D eigenvalue weighted by molar-refractivity contribution is -0.120. The number of aryl methyl sites for hydroxylation is 1. The van der Waals surface area contributed by atoms with Crippen LogP contribution >= 0.6 is 0 Å². The van der Waals surface area contributed by atoms with Crippen LogP contribution in [-0.4, -0.2) is 27.2 Å². The Kier molecular flexibility index (Phi) is 4.12. The van der Waals surface area contributed by atoms with Crippen molar-refractivity contribution >= 4 is 11.6 Å². The van der Waals surface area contributed by atoms with Gasteiger partial charge in [0, 0.05) is 12.7 Å². The largest absolute Gasteiger partial charge is 0.376 e. The van der Waals surface area contributed by atoms with Gasteiger partial charge in [0.25, 0.3) is 0 Å². The summed E-state index contributed by atoms with van der Waals surface area (Å²) in [5, 5.41) is 13.7. The monoisotopic (exact) mass is 259 g/mol. The molecule has 1 unspecified atom stereocenters. The molecular weight excluding hydrogens is 242 g/mol. The molecule has 100 valence electrons. The minimum atomic E-state index is -0.169.